The Balaban J connectivity index is 1.53. The van der Waals surface area contributed by atoms with E-state index in [1.165, 1.54) is 6.08 Å². The summed E-state index contributed by atoms with van der Waals surface area (Å²) < 4.78 is 5.48. The normalized spacial score (nSPS) is 10.7. The van der Waals surface area contributed by atoms with Gasteiger partial charge in [-0.25, -0.2) is 0 Å². The first-order chi connectivity index (χ1) is 15.5. The highest BCUT2D eigenvalue weighted by atomic mass is 35.5. The molecule has 2 amide bonds. The molecule has 0 aliphatic carbocycles. The predicted octanol–water partition coefficient (Wildman–Crippen LogP) is 4.58. The van der Waals surface area contributed by atoms with Gasteiger partial charge < -0.3 is 15.4 Å². The third kappa shape index (κ3) is 6.73. The van der Waals surface area contributed by atoms with Gasteiger partial charge >= 0.3 is 0 Å². The minimum atomic E-state index is -0.451. The molecule has 3 aromatic carbocycles. The van der Waals surface area contributed by atoms with Gasteiger partial charge in [0.05, 0.1) is 10.7 Å². The number of ether oxygens (including phenoxy) is 1. The molecule has 0 spiro atoms. The Morgan fingerprint density at radius 2 is 1.66 bits per heavy atom. The van der Waals surface area contributed by atoms with Crippen molar-refractivity contribution in [2.75, 3.05) is 11.9 Å². The lowest BCUT2D eigenvalue weighted by atomic mass is 10.1. The first-order valence-corrected chi connectivity index (χ1v) is 10.1. The third-order valence-corrected chi connectivity index (χ3v) is 4.70. The van der Waals surface area contributed by atoms with E-state index < -0.39 is 5.91 Å². The molecule has 0 fully saturated rings. The average Bonchev–Trinajstić information content (AvgIpc) is 2.82. The van der Waals surface area contributed by atoms with Gasteiger partial charge in [-0.05, 0) is 41.5 Å². The van der Waals surface area contributed by atoms with E-state index in [4.69, 9.17) is 16.3 Å². The second-order valence-corrected chi connectivity index (χ2v) is 7.13. The van der Waals surface area contributed by atoms with Gasteiger partial charge in [0.1, 0.15) is 17.4 Å². The molecule has 3 rings (SSSR count). The molecule has 0 aliphatic rings. The highest BCUT2D eigenvalue weighted by Gasteiger charge is 2.09. The number of halogens is 1. The SMILES string of the molecule is N#C/C(=C\c1ccc(OCC(=O)Nc2ccccc2Cl)cc1)C(=O)NCc1ccccc1. The Morgan fingerprint density at radius 3 is 2.34 bits per heavy atom. The van der Waals surface area contributed by atoms with E-state index in [1.807, 2.05) is 36.4 Å². The summed E-state index contributed by atoms with van der Waals surface area (Å²) in [5.74, 6) is -0.319. The average molecular weight is 446 g/mol. The molecule has 0 saturated carbocycles. The van der Waals surface area contributed by atoms with Crippen molar-refractivity contribution in [1.29, 1.82) is 5.26 Å². The summed E-state index contributed by atoms with van der Waals surface area (Å²) in [5, 5.41) is 15.2. The minimum Gasteiger partial charge on any atom is -0.484 e. The van der Waals surface area contributed by atoms with Crippen molar-refractivity contribution in [3.63, 3.8) is 0 Å². The molecule has 0 aromatic heterocycles. The summed E-state index contributed by atoms with van der Waals surface area (Å²) in [7, 11) is 0. The molecule has 7 heteroatoms. The van der Waals surface area contributed by atoms with Gasteiger partial charge in [0.15, 0.2) is 6.61 Å². The van der Waals surface area contributed by atoms with Crippen LogP contribution >= 0.6 is 11.6 Å². The van der Waals surface area contributed by atoms with Crippen molar-refractivity contribution in [3.8, 4) is 11.8 Å². The van der Waals surface area contributed by atoms with Crippen molar-refractivity contribution in [1.82, 2.24) is 5.32 Å². The number of rotatable bonds is 8. The van der Waals surface area contributed by atoms with Crippen molar-refractivity contribution in [3.05, 3.63) is 101 Å². The maximum Gasteiger partial charge on any atom is 0.262 e. The summed E-state index contributed by atoms with van der Waals surface area (Å²) in [6.45, 7) is 0.146. The van der Waals surface area contributed by atoms with Crippen LogP contribution in [0.25, 0.3) is 6.08 Å². The zero-order chi connectivity index (χ0) is 22.8. The van der Waals surface area contributed by atoms with Crippen molar-refractivity contribution >= 4 is 35.2 Å². The molecule has 32 heavy (non-hydrogen) atoms. The lowest BCUT2D eigenvalue weighted by Gasteiger charge is -2.09. The molecular formula is C25H20ClN3O3. The van der Waals surface area contributed by atoms with Crippen LogP contribution in [0.4, 0.5) is 5.69 Å². The Hall–Kier alpha value is -4.08. The Bertz CT molecular complexity index is 1150. The molecule has 0 bridgehead atoms. The maximum atomic E-state index is 12.3. The quantitative estimate of drug-likeness (QED) is 0.392. The van der Waals surface area contributed by atoms with Crippen LogP contribution < -0.4 is 15.4 Å². The molecular weight excluding hydrogens is 426 g/mol. The van der Waals surface area contributed by atoms with Gasteiger partial charge in [-0.3, -0.25) is 9.59 Å². The molecule has 0 aliphatic heterocycles. The zero-order valence-electron chi connectivity index (χ0n) is 17.0. The molecule has 0 saturated heterocycles. The highest BCUT2D eigenvalue weighted by Crippen LogP contribution is 2.20. The monoisotopic (exact) mass is 445 g/mol. The summed E-state index contributed by atoms with van der Waals surface area (Å²) in [6, 6.07) is 25.0. The van der Waals surface area contributed by atoms with E-state index in [-0.39, 0.29) is 18.1 Å². The smallest absolute Gasteiger partial charge is 0.262 e. The van der Waals surface area contributed by atoms with Crippen LogP contribution in [0, 0.1) is 11.3 Å². The summed E-state index contributed by atoms with van der Waals surface area (Å²) in [5.41, 5.74) is 2.11. The van der Waals surface area contributed by atoms with Crippen molar-refractivity contribution in [2.24, 2.45) is 0 Å². The number of hydrogen-bond acceptors (Lipinski definition) is 4. The number of carbonyl (C=O) groups is 2. The summed E-state index contributed by atoms with van der Waals surface area (Å²) >= 11 is 6.02. The number of nitriles is 1. The Morgan fingerprint density at radius 1 is 0.969 bits per heavy atom. The second kappa shape index (κ2) is 11.3. The van der Waals surface area contributed by atoms with E-state index in [9.17, 15) is 14.9 Å². The van der Waals surface area contributed by atoms with E-state index in [0.29, 0.717) is 28.6 Å². The minimum absolute atomic E-state index is 0.00582. The van der Waals surface area contributed by atoms with Crippen molar-refractivity contribution < 1.29 is 14.3 Å². The van der Waals surface area contributed by atoms with Gasteiger partial charge in [0.25, 0.3) is 11.8 Å². The lowest BCUT2D eigenvalue weighted by Crippen LogP contribution is -2.23. The number of nitrogens with zero attached hydrogens (tertiary/aromatic N) is 1. The fraction of sp³-hybridized carbons (Fsp3) is 0.0800. The predicted molar refractivity (Wildman–Crippen MR) is 124 cm³/mol. The first kappa shape index (κ1) is 22.6. The van der Waals surface area contributed by atoms with Crippen LogP contribution in [-0.4, -0.2) is 18.4 Å². The third-order valence-electron chi connectivity index (χ3n) is 4.37. The van der Waals surface area contributed by atoms with E-state index in [1.54, 1.807) is 48.5 Å². The highest BCUT2D eigenvalue weighted by molar-refractivity contribution is 6.33. The molecule has 2 N–H and O–H groups in total. The molecule has 0 heterocycles. The summed E-state index contributed by atoms with van der Waals surface area (Å²) in [4.78, 5) is 24.3. The zero-order valence-corrected chi connectivity index (χ0v) is 17.8. The van der Waals surface area contributed by atoms with E-state index in [2.05, 4.69) is 10.6 Å². The Kier molecular flexibility index (Phi) is 8.02. The topological polar surface area (TPSA) is 91.2 Å². The molecule has 3 aromatic rings. The fourth-order valence-electron chi connectivity index (χ4n) is 2.75. The van der Waals surface area contributed by atoms with Crippen LogP contribution in [0.3, 0.4) is 0 Å². The van der Waals surface area contributed by atoms with Gasteiger partial charge in [0, 0.05) is 6.54 Å². The van der Waals surface area contributed by atoms with Crippen LogP contribution in [0.2, 0.25) is 5.02 Å². The number of carbonyl (C=O) groups excluding carboxylic acids is 2. The fourth-order valence-corrected chi connectivity index (χ4v) is 2.93. The molecule has 0 radical (unpaired) electrons. The van der Waals surface area contributed by atoms with Crippen molar-refractivity contribution in [2.45, 2.75) is 6.54 Å². The van der Waals surface area contributed by atoms with E-state index >= 15 is 0 Å². The standard InChI is InChI=1S/C25H20ClN3O3/c26-22-8-4-5-9-23(22)29-24(30)17-32-21-12-10-18(11-13-21)14-20(15-27)25(31)28-16-19-6-2-1-3-7-19/h1-14H,16-17H2,(H,28,31)(H,29,30)/b20-14+. The number of anilines is 1. The maximum absolute atomic E-state index is 12.3. The van der Waals surface area contributed by atoms with Crippen LogP contribution in [0.1, 0.15) is 11.1 Å². The van der Waals surface area contributed by atoms with Crippen LogP contribution in [-0.2, 0) is 16.1 Å². The summed E-state index contributed by atoms with van der Waals surface area (Å²) in [6.07, 6.45) is 1.49. The second-order valence-electron chi connectivity index (χ2n) is 6.72. The van der Waals surface area contributed by atoms with Gasteiger partial charge in [-0.2, -0.15) is 5.26 Å². The van der Waals surface area contributed by atoms with Crippen LogP contribution in [0.5, 0.6) is 5.75 Å². The lowest BCUT2D eigenvalue weighted by molar-refractivity contribution is -0.118. The molecule has 160 valence electrons. The number of para-hydroxylation sites is 1. The number of amides is 2. The number of benzene rings is 3. The number of hydrogen-bond donors (Lipinski definition) is 2. The van der Waals surface area contributed by atoms with Crippen LogP contribution in [0.15, 0.2) is 84.4 Å². The van der Waals surface area contributed by atoms with E-state index in [0.717, 1.165) is 5.56 Å². The Labute approximate surface area is 191 Å². The first-order valence-electron chi connectivity index (χ1n) is 9.76. The molecule has 0 unspecified atom stereocenters. The van der Waals surface area contributed by atoms with Gasteiger partial charge in [-0.15, -0.1) is 0 Å². The largest absolute Gasteiger partial charge is 0.484 e. The molecule has 0 atom stereocenters. The number of nitrogens with one attached hydrogen (secondary N) is 2. The van der Waals surface area contributed by atoms with Gasteiger partial charge in [-0.1, -0.05) is 66.2 Å². The van der Waals surface area contributed by atoms with Gasteiger partial charge in [0.2, 0.25) is 0 Å². The molecule has 6 nitrogen and oxygen atoms in total.